The highest BCUT2D eigenvalue weighted by molar-refractivity contribution is 6.08. The summed E-state index contributed by atoms with van der Waals surface area (Å²) in [6, 6.07) is 24.4. The van der Waals surface area contributed by atoms with Crippen molar-refractivity contribution in [2.24, 2.45) is 5.92 Å². The summed E-state index contributed by atoms with van der Waals surface area (Å²) in [5.41, 5.74) is 12.3. The summed E-state index contributed by atoms with van der Waals surface area (Å²) >= 11 is 0. The molecule has 0 spiro atoms. The molecule has 3 aromatic carbocycles. The van der Waals surface area contributed by atoms with E-state index in [1.54, 1.807) is 6.07 Å². The predicted octanol–water partition coefficient (Wildman–Crippen LogP) is 5.09. The minimum atomic E-state index is -0.147. The van der Waals surface area contributed by atoms with E-state index >= 15 is 0 Å². The second-order valence-electron chi connectivity index (χ2n) is 11.0. The van der Waals surface area contributed by atoms with E-state index in [-0.39, 0.29) is 5.91 Å². The lowest BCUT2D eigenvalue weighted by Gasteiger charge is -2.32. The van der Waals surface area contributed by atoms with Crippen LogP contribution in [0.3, 0.4) is 0 Å². The monoisotopic (exact) mass is 536 g/mol. The number of benzene rings is 3. The largest absolute Gasteiger partial charge is 0.397 e. The number of anilines is 2. The van der Waals surface area contributed by atoms with Gasteiger partial charge in [0.1, 0.15) is 0 Å². The molecule has 0 bridgehead atoms. The van der Waals surface area contributed by atoms with E-state index in [4.69, 9.17) is 11.1 Å². The van der Waals surface area contributed by atoms with Crippen molar-refractivity contribution in [3.63, 3.8) is 0 Å². The van der Waals surface area contributed by atoms with Gasteiger partial charge in [-0.05, 0) is 85.8 Å². The molecule has 1 saturated heterocycles. The van der Waals surface area contributed by atoms with Crippen LogP contribution in [-0.2, 0) is 6.54 Å². The Kier molecular flexibility index (Phi) is 8.94. The Morgan fingerprint density at radius 2 is 1.70 bits per heavy atom. The fourth-order valence-corrected chi connectivity index (χ4v) is 5.57. The van der Waals surface area contributed by atoms with Crippen LogP contribution in [0.15, 0.2) is 79.0 Å². The first-order chi connectivity index (χ1) is 19.5. The van der Waals surface area contributed by atoms with Gasteiger partial charge in [-0.3, -0.25) is 9.69 Å². The first-order valence-electron chi connectivity index (χ1n) is 14.2. The molecule has 1 aliphatic heterocycles. The Balaban J connectivity index is 1.02. The molecule has 2 aliphatic rings. The summed E-state index contributed by atoms with van der Waals surface area (Å²) in [6.45, 7) is 4.21. The molecule has 2 fully saturated rings. The normalized spacial score (nSPS) is 19.7. The minimum Gasteiger partial charge on any atom is -0.397 e. The SMILES string of the molecule is CN/C=C(\C=N)c1ccc(C2CC2NCC2CCN(Cc3ccc(C(=O)Nc4ccccc4N)cc3)CC2)cc1. The maximum Gasteiger partial charge on any atom is 0.255 e. The van der Waals surface area contributed by atoms with Crippen LogP contribution >= 0.6 is 0 Å². The third-order valence-corrected chi connectivity index (χ3v) is 8.13. The molecule has 7 heteroatoms. The number of nitrogens with one attached hydrogen (secondary N) is 4. The summed E-state index contributed by atoms with van der Waals surface area (Å²) in [7, 11) is 1.86. The molecule has 2 atom stereocenters. The number of para-hydroxylation sites is 2. The van der Waals surface area contributed by atoms with E-state index < -0.39 is 0 Å². The Morgan fingerprint density at radius 1 is 1.00 bits per heavy atom. The van der Waals surface area contributed by atoms with Crippen LogP contribution < -0.4 is 21.7 Å². The highest BCUT2D eigenvalue weighted by Gasteiger charge is 2.38. The molecule has 6 N–H and O–H groups in total. The molecule has 3 aromatic rings. The van der Waals surface area contributed by atoms with Gasteiger partial charge in [-0.15, -0.1) is 0 Å². The Bertz CT molecular complexity index is 1330. The van der Waals surface area contributed by atoms with Gasteiger partial charge in [-0.25, -0.2) is 0 Å². The molecular weight excluding hydrogens is 496 g/mol. The maximum atomic E-state index is 12.6. The van der Waals surface area contributed by atoms with Crippen LogP contribution in [0.1, 0.15) is 52.2 Å². The quantitative estimate of drug-likeness (QED) is 0.173. The predicted molar refractivity (Wildman–Crippen MR) is 165 cm³/mol. The van der Waals surface area contributed by atoms with Gasteiger partial charge in [0.2, 0.25) is 0 Å². The summed E-state index contributed by atoms with van der Waals surface area (Å²) in [5, 5.41) is 17.3. The fraction of sp³-hybridized carbons (Fsp3) is 0.333. The second kappa shape index (κ2) is 12.9. The van der Waals surface area contributed by atoms with Crippen molar-refractivity contribution in [1.29, 1.82) is 5.41 Å². The standard InChI is InChI=1S/C33H40N6O/c1-36-21-28(19-34)25-10-12-26(13-11-25)29-18-32(29)37-20-23-14-16-39(17-15-23)22-24-6-8-27(9-7-24)33(40)38-31-5-3-2-4-30(31)35/h2-13,19,21,23,29,32,34,36-37H,14-18,20,22,35H2,1H3,(H,38,40)/b28-21+,34-19?. The topological polar surface area (TPSA) is 106 Å². The van der Waals surface area contributed by atoms with Crippen molar-refractivity contribution in [3.8, 4) is 0 Å². The number of amides is 1. The van der Waals surface area contributed by atoms with Gasteiger partial charge in [0, 0.05) is 49.1 Å². The van der Waals surface area contributed by atoms with Crippen LogP contribution in [-0.4, -0.2) is 49.7 Å². The Morgan fingerprint density at radius 3 is 2.38 bits per heavy atom. The van der Waals surface area contributed by atoms with Gasteiger partial charge in [0.25, 0.3) is 5.91 Å². The first kappa shape index (κ1) is 27.6. The average Bonchev–Trinajstić information content (AvgIpc) is 3.77. The Labute approximate surface area is 237 Å². The molecule has 1 amide bonds. The van der Waals surface area contributed by atoms with Gasteiger partial charge in [-0.2, -0.15) is 0 Å². The molecule has 7 nitrogen and oxygen atoms in total. The molecule has 2 unspecified atom stereocenters. The third-order valence-electron chi connectivity index (χ3n) is 8.13. The first-order valence-corrected chi connectivity index (χ1v) is 14.2. The lowest BCUT2D eigenvalue weighted by atomic mass is 9.96. The van der Waals surface area contributed by atoms with Crippen molar-refractivity contribution in [1.82, 2.24) is 15.5 Å². The van der Waals surface area contributed by atoms with Crippen molar-refractivity contribution >= 4 is 29.1 Å². The molecule has 0 aromatic heterocycles. The van der Waals surface area contributed by atoms with E-state index in [2.05, 4.69) is 57.2 Å². The molecule has 208 valence electrons. The number of carbonyl (C=O) groups is 1. The van der Waals surface area contributed by atoms with Crippen LogP contribution in [0.2, 0.25) is 0 Å². The number of allylic oxidation sites excluding steroid dienone is 1. The van der Waals surface area contributed by atoms with E-state index in [9.17, 15) is 4.79 Å². The van der Waals surface area contributed by atoms with Crippen LogP contribution in [0.25, 0.3) is 5.57 Å². The van der Waals surface area contributed by atoms with Gasteiger partial charge >= 0.3 is 0 Å². The van der Waals surface area contributed by atoms with Crippen molar-refractivity contribution in [3.05, 3.63) is 101 Å². The average molecular weight is 537 g/mol. The molecular formula is C33H40N6O. The van der Waals surface area contributed by atoms with Gasteiger partial charge in [0.15, 0.2) is 0 Å². The lowest BCUT2D eigenvalue weighted by Crippen LogP contribution is -2.37. The van der Waals surface area contributed by atoms with Crippen molar-refractivity contribution < 1.29 is 4.79 Å². The number of hydrogen-bond donors (Lipinski definition) is 5. The van der Waals surface area contributed by atoms with Crippen LogP contribution in [0.4, 0.5) is 11.4 Å². The minimum absolute atomic E-state index is 0.147. The van der Waals surface area contributed by atoms with Gasteiger partial charge < -0.3 is 27.1 Å². The zero-order chi connectivity index (χ0) is 27.9. The summed E-state index contributed by atoms with van der Waals surface area (Å²) in [4.78, 5) is 15.1. The molecule has 40 heavy (non-hydrogen) atoms. The zero-order valence-corrected chi connectivity index (χ0v) is 23.2. The van der Waals surface area contributed by atoms with Gasteiger partial charge in [0.05, 0.1) is 11.4 Å². The number of rotatable bonds is 11. The highest BCUT2D eigenvalue weighted by Crippen LogP contribution is 2.41. The van der Waals surface area contributed by atoms with Crippen LogP contribution in [0, 0.1) is 11.3 Å². The smallest absolute Gasteiger partial charge is 0.255 e. The number of nitrogen functional groups attached to an aromatic ring is 1. The van der Waals surface area contributed by atoms with E-state index in [1.165, 1.54) is 36.6 Å². The molecule has 5 rings (SSSR count). The second-order valence-corrected chi connectivity index (χ2v) is 11.0. The van der Waals surface area contributed by atoms with E-state index in [1.807, 2.05) is 43.6 Å². The lowest BCUT2D eigenvalue weighted by molar-refractivity contribution is 0.102. The van der Waals surface area contributed by atoms with Crippen molar-refractivity contribution in [2.75, 3.05) is 37.7 Å². The number of piperidine rings is 1. The van der Waals surface area contributed by atoms with Crippen molar-refractivity contribution in [2.45, 2.75) is 37.8 Å². The zero-order valence-electron chi connectivity index (χ0n) is 23.2. The summed E-state index contributed by atoms with van der Waals surface area (Å²) in [6.07, 6.45) is 6.87. The fourth-order valence-electron chi connectivity index (χ4n) is 5.57. The summed E-state index contributed by atoms with van der Waals surface area (Å²) in [5.74, 6) is 1.17. The third kappa shape index (κ3) is 6.97. The number of nitrogens with zero attached hydrogens (tertiary/aromatic N) is 1. The maximum absolute atomic E-state index is 12.6. The molecule has 1 aliphatic carbocycles. The molecule has 0 radical (unpaired) electrons. The molecule has 1 heterocycles. The van der Waals surface area contributed by atoms with Gasteiger partial charge in [-0.1, -0.05) is 48.5 Å². The number of likely N-dealkylation sites (tertiary alicyclic amines) is 1. The van der Waals surface area contributed by atoms with Crippen LogP contribution in [0.5, 0.6) is 0 Å². The van der Waals surface area contributed by atoms with E-state index in [0.717, 1.165) is 43.2 Å². The summed E-state index contributed by atoms with van der Waals surface area (Å²) < 4.78 is 0. The number of carbonyl (C=O) groups excluding carboxylic acids is 1. The Hall–Kier alpha value is -3.94. The molecule has 1 saturated carbocycles. The van der Waals surface area contributed by atoms with E-state index in [0.29, 0.717) is 28.9 Å². The highest BCUT2D eigenvalue weighted by atomic mass is 16.1. The number of nitrogens with two attached hydrogens (primary N) is 1. The number of hydrogen-bond acceptors (Lipinski definition) is 6.